The monoisotopic (exact) mass is 252 g/mol. The summed E-state index contributed by atoms with van der Waals surface area (Å²) in [5.41, 5.74) is 0.492. The summed E-state index contributed by atoms with van der Waals surface area (Å²) in [6, 6.07) is 6.86. The van der Waals surface area contributed by atoms with Crippen molar-refractivity contribution in [3.63, 3.8) is 0 Å². The molecule has 0 saturated carbocycles. The zero-order chi connectivity index (χ0) is 12.7. The number of rotatable bonds is 5. The first-order chi connectivity index (χ1) is 8.19. The van der Waals surface area contributed by atoms with Crippen LogP contribution < -0.4 is 10.1 Å². The van der Waals surface area contributed by atoms with Crippen LogP contribution in [0.2, 0.25) is 5.02 Å². The fourth-order valence-electron chi connectivity index (χ4n) is 1.22. The topological polar surface area (TPSA) is 62.1 Å². The number of carbonyl (C=O) groups is 1. The highest BCUT2D eigenvalue weighted by Gasteiger charge is 2.10. The Balaban J connectivity index is 2.86. The SMILES string of the molecule is CCCOc1c(Cl)cccc1NC(=O)CC#N. The van der Waals surface area contributed by atoms with Gasteiger partial charge < -0.3 is 10.1 Å². The molecular weight excluding hydrogens is 240 g/mol. The van der Waals surface area contributed by atoms with Crippen molar-refractivity contribution < 1.29 is 9.53 Å². The molecule has 0 bridgehead atoms. The van der Waals surface area contributed by atoms with Gasteiger partial charge in [-0.1, -0.05) is 24.6 Å². The minimum Gasteiger partial charge on any atom is -0.490 e. The van der Waals surface area contributed by atoms with Gasteiger partial charge in [-0.05, 0) is 18.6 Å². The number of benzene rings is 1. The third kappa shape index (κ3) is 3.97. The van der Waals surface area contributed by atoms with Crippen molar-refractivity contribution in [1.82, 2.24) is 0 Å². The number of hydrogen-bond acceptors (Lipinski definition) is 3. The van der Waals surface area contributed by atoms with Gasteiger partial charge in [0.25, 0.3) is 0 Å². The lowest BCUT2D eigenvalue weighted by Crippen LogP contribution is -2.11. The summed E-state index contributed by atoms with van der Waals surface area (Å²) in [6.07, 6.45) is 0.649. The van der Waals surface area contributed by atoms with E-state index in [1.54, 1.807) is 24.3 Å². The number of para-hydroxylation sites is 1. The molecule has 0 radical (unpaired) electrons. The van der Waals surface area contributed by atoms with Crippen molar-refractivity contribution in [3.05, 3.63) is 23.2 Å². The Labute approximate surface area is 105 Å². The molecule has 1 N–H and O–H groups in total. The summed E-state index contributed by atoms with van der Waals surface area (Å²) in [7, 11) is 0. The van der Waals surface area contributed by atoms with Crippen LogP contribution in [0, 0.1) is 11.3 Å². The van der Waals surface area contributed by atoms with Gasteiger partial charge in [-0.25, -0.2) is 0 Å². The Bertz CT molecular complexity index is 441. The molecule has 0 atom stereocenters. The number of nitrogens with zero attached hydrogens (tertiary/aromatic N) is 1. The van der Waals surface area contributed by atoms with E-state index in [1.807, 2.05) is 6.92 Å². The highest BCUT2D eigenvalue weighted by Crippen LogP contribution is 2.33. The molecule has 4 nitrogen and oxygen atoms in total. The summed E-state index contributed by atoms with van der Waals surface area (Å²) in [4.78, 5) is 11.3. The molecule has 0 heterocycles. The van der Waals surface area contributed by atoms with Gasteiger partial charge in [-0.2, -0.15) is 5.26 Å². The van der Waals surface area contributed by atoms with Crippen molar-refractivity contribution in [1.29, 1.82) is 5.26 Å². The van der Waals surface area contributed by atoms with E-state index in [-0.39, 0.29) is 12.3 Å². The van der Waals surface area contributed by atoms with E-state index in [9.17, 15) is 4.79 Å². The van der Waals surface area contributed by atoms with Crippen molar-refractivity contribution in [2.24, 2.45) is 0 Å². The van der Waals surface area contributed by atoms with Crippen molar-refractivity contribution in [2.45, 2.75) is 19.8 Å². The van der Waals surface area contributed by atoms with Crippen LogP contribution in [-0.4, -0.2) is 12.5 Å². The van der Waals surface area contributed by atoms with Crippen LogP contribution in [-0.2, 0) is 4.79 Å². The highest BCUT2D eigenvalue weighted by atomic mass is 35.5. The Morgan fingerprint density at radius 3 is 3.00 bits per heavy atom. The molecule has 1 aromatic rings. The molecule has 0 aliphatic heterocycles. The quantitative estimate of drug-likeness (QED) is 0.876. The fourth-order valence-corrected chi connectivity index (χ4v) is 1.45. The first kappa shape index (κ1) is 13.3. The molecule has 0 spiro atoms. The molecule has 1 rings (SSSR count). The average molecular weight is 253 g/mol. The van der Waals surface area contributed by atoms with Crippen LogP contribution >= 0.6 is 11.6 Å². The minimum absolute atomic E-state index is 0.195. The number of nitrogens with one attached hydrogen (secondary N) is 1. The van der Waals surface area contributed by atoms with E-state index in [2.05, 4.69) is 5.32 Å². The van der Waals surface area contributed by atoms with Crippen LogP contribution in [0.4, 0.5) is 5.69 Å². The average Bonchev–Trinajstić information content (AvgIpc) is 2.28. The number of carbonyl (C=O) groups excluding carboxylic acids is 1. The summed E-state index contributed by atoms with van der Waals surface area (Å²) in [5, 5.41) is 11.4. The maximum atomic E-state index is 11.3. The highest BCUT2D eigenvalue weighted by molar-refractivity contribution is 6.32. The molecule has 0 aromatic heterocycles. The Morgan fingerprint density at radius 1 is 1.59 bits per heavy atom. The second-order valence-corrected chi connectivity index (χ2v) is 3.76. The van der Waals surface area contributed by atoms with Crippen LogP contribution in [0.1, 0.15) is 19.8 Å². The zero-order valence-corrected chi connectivity index (χ0v) is 10.3. The first-order valence-corrected chi connectivity index (χ1v) is 5.65. The Morgan fingerprint density at radius 2 is 2.35 bits per heavy atom. The number of ether oxygens (including phenoxy) is 1. The van der Waals surface area contributed by atoms with E-state index in [4.69, 9.17) is 21.6 Å². The second kappa shape index (κ2) is 6.77. The van der Waals surface area contributed by atoms with Gasteiger partial charge in [0.2, 0.25) is 5.91 Å². The lowest BCUT2D eigenvalue weighted by molar-refractivity contribution is -0.115. The summed E-state index contributed by atoms with van der Waals surface area (Å²) in [6.45, 7) is 2.50. The maximum Gasteiger partial charge on any atom is 0.238 e. The number of hydrogen-bond donors (Lipinski definition) is 1. The van der Waals surface area contributed by atoms with E-state index >= 15 is 0 Å². The van der Waals surface area contributed by atoms with Crippen LogP contribution in [0.15, 0.2) is 18.2 Å². The third-order valence-electron chi connectivity index (χ3n) is 1.93. The van der Waals surface area contributed by atoms with Gasteiger partial charge in [0, 0.05) is 0 Å². The van der Waals surface area contributed by atoms with Crippen LogP contribution in [0.25, 0.3) is 0 Å². The second-order valence-electron chi connectivity index (χ2n) is 3.35. The molecule has 1 aromatic carbocycles. The molecule has 90 valence electrons. The van der Waals surface area contributed by atoms with E-state index in [0.717, 1.165) is 6.42 Å². The summed E-state index contributed by atoms with van der Waals surface area (Å²) >= 11 is 5.98. The molecule has 5 heteroatoms. The summed E-state index contributed by atoms with van der Waals surface area (Å²) in [5.74, 6) is 0.0680. The predicted octanol–water partition coefficient (Wildman–Crippen LogP) is 2.98. The molecule has 0 aliphatic rings. The van der Waals surface area contributed by atoms with Crippen molar-refractivity contribution >= 4 is 23.2 Å². The molecule has 0 fully saturated rings. The molecule has 17 heavy (non-hydrogen) atoms. The lowest BCUT2D eigenvalue weighted by Gasteiger charge is -2.12. The van der Waals surface area contributed by atoms with Crippen molar-refractivity contribution in [3.8, 4) is 11.8 Å². The van der Waals surface area contributed by atoms with Gasteiger partial charge in [0.05, 0.1) is 23.4 Å². The number of anilines is 1. The van der Waals surface area contributed by atoms with Crippen molar-refractivity contribution in [2.75, 3.05) is 11.9 Å². The first-order valence-electron chi connectivity index (χ1n) is 5.27. The predicted molar refractivity (Wildman–Crippen MR) is 66.1 cm³/mol. The molecule has 1 amide bonds. The van der Waals surface area contributed by atoms with E-state index < -0.39 is 0 Å². The van der Waals surface area contributed by atoms with E-state index in [1.165, 1.54) is 0 Å². The standard InChI is InChI=1S/C12H13ClN2O2/c1-2-8-17-12-9(13)4-3-5-10(12)15-11(16)6-7-14/h3-5H,2,6,8H2,1H3,(H,15,16). The van der Waals surface area contributed by atoms with Crippen LogP contribution in [0.3, 0.4) is 0 Å². The van der Waals surface area contributed by atoms with Gasteiger partial charge in [-0.15, -0.1) is 0 Å². The smallest absolute Gasteiger partial charge is 0.238 e. The summed E-state index contributed by atoms with van der Waals surface area (Å²) < 4.78 is 5.47. The molecular formula is C12H13ClN2O2. The Hall–Kier alpha value is -1.73. The van der Waals surface area contributed by atoms with Gasteiger partial charge in [0.1, 0.15) is 6.42 Å². The fraction of sp³-hybridized carbons (Fsp3) is 0.333. The van der Waals surface area contributed by atoms with Crippen LogP contribution in [0.5, 0.6) is 5.75 Å². The normalized spacial score (nSPS) is 9.47. The molecule has 0 aliphatic carbocycles. The van der Waals surface area contributed by atoms with Gasteiger partial charge in [-0.3, -0.25) is 4.79 Å². The number of halogens is 1. The minimum atomic E-state index is -0.379. The molecule has 0 unspecified atom stereocenters. The zero-order valence-electron chi connectivity index (χ0n) is 9.50. The maximum absolute atomic E-state index is 11.3. The number of amides is 1. The van der Waals surface area contributed by atoms with E-state index in [0.29, 0.717) is 23.1 Å². The number of nitriles is 1. The molecule has 0 saturated heterocycles. The largest absolute Gasteiger partial charge is 0.490 e. The van der Waals surface area contributed by atoms with Gasteiger partial charge >= 0.3 is 0 Å². The Kier molecular flexibility index (Phi) is 5.31. The third-order valence-corrected chi connectivity index (χ3v) is 2.23. The lowest BCUT2D eigenvalue weighted by atomic mass is 10.2. The van der Waals surface area contributed by atoms with Gasteiger partial charge in [0.15, 0.2) is 5.75 Å².